The summed E-state index contributed by atoms with van der Waals surface area (Å²) in [6, 6.07) is 1.51. The lowest BCUT2D eigenvalue weighted by molar-refractivity contribution is -0.179. The minimum absolute atomic E-state index is 0.0383. The van der Waals surface area contributed by atoms with Gasteiger partial charge in [-0.15, -0.1) is 0 Å². The number of hydrogen-bond acceptors (Lipinski definition) is 9. The Kier molecular flexibility index (Phi) is 9.08. The van der Waals surface area contributed by atoms with E-state index in [-0.39, 0.29) is 34.9 Å². The van der Waals surface area contributed by atoms with E-state index in [1.807, 2.05) is 34.6 Å². The largest absolute Gasteiger partial charge is 0.444 e. The van der Waals surface area contributed by atoms with Gasteiger partial charge in [0.15, 0.2) is 0 Å². The molecule has 11 heteroatoms. The summed E-state index contributed by atoms with van der Waals surface area (Å²) in [5, 5.41) is 0.0383. The Bertz CT molecular complexity index is 1090. The van der Waals surface area contributed by atoms with Crippen molar-refractivity contribution in [3.63, 3.8) is 0 Å². The number of piperazine rings is 1. The molecule has 0 aromatic carbocycles. The summed E-state index contributed by atoms with van der Waals surface area (Å²) in [5.41, 5.74) is 7.24. The minimum atomic E-state index is -1.28. The van der Waals surface area contributed by atoms with E-state index >= 15 is 0 Å². The van der Waals surface area contributed by atoms with Crippen molar-refractivity contribution in [1.82, 2.24) is 14.9 Å². The van der Waals surface area contributed by atoms with Crippen LogP contribution in [-0.2, 0) is 19.0 Å². The third kappa shape index (κ3) is 6.84. The average molecular weight is 564 g/mol. The third-order valence-electron chi connectivity index (χ3n) is 7.44. The van der Waals surface area contributed by atoms with E-state index in [9.17, 15) is 9.59 Å². The van der Waals surface area contributed by atoms with E-state index in [4.69, 9.17) is 31.5 Å². The summed E-state index contributed by atoms with van der Waals surface area (Å²) in [6.07, 6.45) is 5.53. The maximum atomic E-state index is 13.8. The van der Waals surface area contributed by atoms with Gasteiger partial charge in [-0.1, -0.05) is 19.3 Å². The molecule has 0 radical (unpaired) electrons. The molecule has 3 aliphatic rings. The fourth-order valence-corrected chi connectivity index (χ4v) is 5.86. The van der Waals surface area contributed by atoms with Gasteiger partial charge in [0, 0.05) is 31.1 Å². The summed E-state index contributed by atoms with van der Waals surface area (Å²) >= 11 is 6.39. The molecule has 2 N–H and O–H groups in total. The van der Waals surface area contributed by atoms with Crippen LogP contribution in [0.2, 0.25) is 5.28 Å². The van der Waals surface area contributed by atoms with E-state index in [2.05, 4.69) is 14.9 Å². The Hall–Kier alpha value is -2.43. The minimum Gasteiger partial charge on any atom is -0.444 e. The Morgan fingerprint density at radius 1 is 1.08 bits per heavy atom. The van der Waals surface area contributed by atoms with Crippen LogP contribution in [0.15, 0.2) is 11.6 Å². The monoisotopic (exact) mass is 563 g/mol. The first-order valence-corrected chi connectivity index (χ1v) is 14.4. The molecule has 0 bridgehead atoms. The molecular weight excluding hydrogens is 522 g/mol. The Morgan fingerprint density at radius 2 is 1.69 bits per heavy atom. The second-order valence-electron chi connectivity index (χ2n) is 11.8. The number of aromatic nitrogens is 2. The molecule has 2 aliphatic heterocycles. The number of halogens is 1. The van der Waals surface area contributed by atoms with Gasteiger partial charge >= 0.3 is 6.09 Å². The van der Waals surface area contributed by atoms with Crippen LogP contribution in [-0.4, -0.2) is 76.5 Å². The molecule has 3 fully saturated rings. The van der Waals surface area contributed by atoms with Crippen LogP contribution in [0.5, 0.6) is 0 Å². The fourth-order valence-electron chi connectivity index (χ4n) is 5.68. The van der Waals surface area contributed by atoms with Crippen LogP contribution in [0.1, 0.15) is 85.3 Å². The van der Waals surface area contributed by atoms with Gasteiger partial charge in [-0.2, -0.15) is 0 Å². The SMILES string of the molecule is C[C@H]1CN(c2cc(C(N)=C3CCCCCCCC4(OCCO4)C3=O)nc(Cl)n2)C[C@H](C)N1C(=O)OC(C)(C)C. The van der Waals surface area contributed by atoms with E-state index in [1.165, 1.54) is 0 Å². The van der Waals surface area contributed by atoms with Crippen molar-refractivity contribution in [3.05, 3.63) is 22.6 Å². The summed E-state index contributed by atoms with van der Waals surface area (Å²) in [6.45, 7) is 11.3. The number of anilines is 1. The quantitative estimate of drug-likeness (QED) is 0.403. The molecule has 1 aromatic rings. The van der Waals surface area contributed by atoms with Crippen molar-refractivity contribution in [3.8, 4) is 0 Å². The highest BCUT2D eigenvalue weighted by atomic mass is 35.5. The van der Waals surface area contributed by atoms with Gasteiger partial charge in [0.1, 0.15) is 11.4 Å². The molecule has 1 aliphatic carbocycles. The number of amides is 1. The van der Waals surface area contributed by atoms with Gasteiger partial charge < -0.3 is 24.8 Å². The molecule has 2 atom stereocenters. The average Bonchev–Trinajstić information content (AvgIpc) is 3.33. The van der Waals surface area contributed by atoms with E-state index in [0.29, 0.717) is 56.2 Å². The third-order valence-corrected chi connectivity index (χ3v) is 7.61. The molecule has 1 saturated carbocycles. The number of nitrogens with zero attached hydrogens (tertiary/aromatic N) is 4. The highest BCUT2D eigenvalue weighted by Gasteiger charge is 2.46. The van der Waals surface area contributed by atoms with E-state index < -0.39 is 11.4 Å². The number of ketones is 1. The van der Waals surface area contributed by atoms with Crippen molar-refractivity contribution in [2.45, 2.75) is 103 Å². The number of carbonyl (C=O) groups is 2. The maximum absolute atomic E-state index is 13.8. The molecule has 1 spiro atoms. The zero-order valence-electron chi connectivity index (χ0n) is 23.8. The molecule has 4 rings (SSSR count). The van der Waals surface area contributed by atoms with Crippen LogP contribution >= 0.6 is 11.6 Å². The lowest BCUT2D eigenvalue weighted by Gasteiger charge is -2.44. The normalized spacial score (nSPS) is 26.1. The van der Waals surface area contributed by atoms with Gasteiger partial charge in [-0.25, -0.2) is 14.8 Å². The number of nitrogens with two attached hydrogens (primary N) is 1. The first-order valence-electron chi connectivity index (χ1n) is 14.0. The zero-order chi connectivity index (χ0) is 28.4. The highest BCUT2D eigenvalue weighted by molar-refractivity contribution is 6.28. The number of carbonyl (C=O) groups excluding carboxylic acids is 2. The number of ether oxygens (including phenoxy) is 3. The first kappa shape index (κ1) is 29.6. The Balaban J connectivity index is 1.62. The number of rotatable bonds is 2. The van der Waals surface area contributed by atoms with Crippen molar-refractivity contribution >= 4 is 35.0 Å². The molecular formula is C28H42ClN5O5. The molecule has 1 amide bonds. The summed E-state index contributed by atoms with van der Waals surface area (Å²) in [7, 11) is 0. The molecule has 3 heterocycles. The van der Waals surface area contributed by atoms with E-state index in [1.54, 1.807) is 11.0 Å². The zero-order valence-corrected chi connectivity index (χ0v) is 24.6. The van der Waals surface area contributed by atoms with Gasteiger partial charge in [-0.3, -0.25) is 9.69 Å². The smallest absolute Gasteiger partial charge is 0.410 e. The van der Waals surface area contributed by atoms with Crippen molar-refractivity contribution in [2.24, 2.45) is 5.73 Å². The molecule has 0 unspecified atom stereocenters. The molecule has 10 nitrogen and oxygen atoms in total. The van der Waals surface area contributed by atoms with Crippen LogP contribution in [0.4, 0.5) is 10.6 Å². The number of Topliss-reactive ketones (excluding diaryl/α,β-unsaturated/α-hetero) is 1. The van der Waals surface area contributed by atoms with Crippen LogP contribution in [0, 0.1) is 0 Å². The lowest BCUT2D eigenvalue weighted by Crippen LogP contribution is -2.59. The Labute approximate surface area is 236 Å². The highest BCUT2D eigenvalue weighted by Crippen LogP contribution is 2.35. The molecule has 39 heavy (non-hydrogen) atoms. The second kappa shape index (κ2) is 12.0. The van der Waals surface area contributed by atoms with Gasteiger partial charge in [0.25, 0.3) is 0 Å². The van der Waals surface area contributed by atoms with Crippen LogP contribution in [0.25, 0.3) is 5.70 Å². The maximum Gasteiger partial charge on any atom is 0.410 e. The van der Waals surface area contributed by atoms with Gasteiger partial charge in [0.2, 0.25) is 16.9 Å². The predicted octanol–water partition coefficient (Wildman–Crippen LogP) is 4.69. The summed E-state index contributed by atoms with van der Waals surface area (Å²) in [5.74, 6) is -0.907. The topological polar surface area (TPSA) is 120 Å². The van der Waals surface area contributed by atoms with Crippen LogP contribution < -0.4 is 10.6 Å². The van der Waals surface area contributed by atoms with E-state index in [0.717, 1.165) is 32.1 Å². The van der Waals surface area contributed by atoms with Gasteiger partial charge in [0.05, 0.1) is 36.7 Å². The van der Waals surface area contributed by atoms with Crippen molar-refractivity contribution in [1.29, 1.82) is 0 Å². The van der Waals surface area contributed by atoms with Crippen LogP contribution in [0.3, 0.4) is 0 Å². The van der Waals surface area contributed by atoms with Gasteiger partial charge in [-0.05, 0) is 65.5 Å². The molecule has 1 aromatic heterocycles. The Morgan fingerprint density at radius 3 is 2.33 bits per heavy atom. The summed E-state index contributed by atoms with van der Waals surface area (Å²) < 4.78 is 17.4. The summed E-state index contributed by atoms with van der Waals surface area (Å²) in [4.78, 5) is 39.4. The standard InChI is InChI=1S/C28H42ClN5O5/c1-18-16-33(17-19(2)34(18)26(36)39-27(3,4)5)22-15-21(31-25(29)32-22)23(30)20-11-9-7-6-8-10-12-28(24(20)35)37-13-14-38-28/h15,18-19H,6-14,16-17,30H2,1-5H3/t18-,19-/m0/s1. The molecule has 2 saturated heterocycles. The number of hydrogen-bond donors (Lipinski definition) is 1. The van der Waals surface area contributed by atoms with Crippen molar-refractivity contribution < 1.29 is 23.8 Å². The first-order chi connectivity index (χ1) is 18.4. The lowest BCUT2D eigenvalue weighted by atomic mass is 9.90. The van der Waals surface area contributed by atoms with Crippen molar-refractivity contribution in [2.75, 3.05) is 31.2 Å². The molecule has 216 valence electrons. The second-order valence-corrected chi connectivity index (χ2v) is 12.1. The predicted molar refractivity (Wildman–Crippen MR) is 149 cm³/mol. The fraction of sp³-hybridized carbons (Fsp3) is 0.714.